The van der Waals surface area contributed by atoms with Gasteiger partial charge in [0.1, 0.15) is 0 Å². The Hall–Kier alpha value is -1.58. The molecule has 1 aromatic carbocycles. The SMILES string of the molecule is Cc1c(N=C=O)cccc1NC(=O)S. The van der Waals surface area contributed by atoms with Gasteiger partial charge in [0, 0.05) is 5.69 Å². The van der Waals surface area contributed by atoms with E-state index in [2.05, 4.69) is 22.9 Å². The van der Waals surface area contributed by atoms with E-state index in [4.69, 9.17) is 0 Å². The molecular weight excluding hydrogens is 200 g/mol. The summed E-state index contributed by atoms with van der Waals surface area (Å²) in [6.07, 6.45) is 1.45. The molecule has 0 fully saturated rings. The van der Waals surface area contributed by atoms with E-state index in [1.807, 2.05) is 0 Å². The standard InChI is InChI=1S/C9H8N2O2S/c1-6-7(10-5-12)3-2-4-8(6)11-9(13)14/h2-4H,1H3,(H2,11,13,14). The minimum atomic E-state index is -0.458. The molecule has 5 heteroatoms. The summed E-state index contributed by atoms with van der Waals surface area (Å²) in [6, 6.07) is 5.05. The molecular formula is C9H8N2O2S. The number of benzene rings is 1. The topological polar surface area (TPSA) is 58.5 Å². The molecule has 0 aliphatic rings. The smallest absolute Gasteiger partial charge is 0.280 e. The Morgan fingerprint density at radius 2 is 2.29 bits per heavy atom. The van der Waals surface area contributed by atoms with Crippen molar-refractivity contribution in [1.29, 1.82) is 0 Å². The lowest BCUT2D eigenvalue weighted by Gasteiger charge is -2.06. The quantitative estimate of drug-likeness (QED) is 0.445. The van der Waals surface area contributed by atoms with Gasteiger partial charge in [0.05, 0.1) is 5.69 Å². The molecule has 0 aliphatic carbocycles. The molecule has 0 radical (unpaired) electrons. The molecule has 0 unspecified atom stereocenters. The predicted octanol–water partition coefficient (Wildman–Crippen LogP) is 2.42. The number of nitrogens with zero attached hydrogens (tertiary/aromatic N) is 1. The minimum absolute atomic E-state index is 0.458. The van der Waals surface area contributed by atoms with Crippen molar-refractivity contribution in [2.75, 3.05) is 5.32 Å². The molecule has 1 aromatic rings. The highest BCUT2D eigenvalue weighted by atomic mass is 32.1. The summed E-state index contributed by atoms with van der Waals surface area (Å²) < 4.78 is 0. The molecule has 0 spiro atoms. The number of thiol groups is 1. The molecule has 4 nitrogen and oxygen atoms in total. The number of anilines is 1. The second-order valence-electron chi connectivity index (χ2n) is 2.58. The molecule has 1 amide bonds. The Balaban J connectivity index is 3.13. The fourth-order valence-electron chi connectivity index (χ4n) is 1.04. The molecule has 72 valence electrons. The fourth-order valence-corrected chi connectivity index (χ4v) is 1.16. The van der Waals surface area contributed by atoms with Gasteiger partial charge >= 0.3 is 0 Å². The maximum atomic E-state index is 10.7. The fraction of sp³-hybridized carbons (Fsp3) is 0.111. The lowest BCUT2D eigenvalue weighted by Crippen LogP contribution is -2.02. The normalized spacial score (nSPS) is 9.00. The van der Waals surface area contributed by atoms with Crippen LogP contribution in [0.4, 0.5) is 16.2 Å². The van der Waals surface area contributed by atoms with Gasteiger partial charge < -0.3 is 5.32 Å². The third-order valence-corrected chi connectivity index (χ3v) is 1.82. The third kappa shape index (κ3) is 2.45. The van der Waals surface area contributed by atoms with Gasteiger partial charge in [-0.3, -0.25) is 4.79 Å². The van der Waals surface area contributed by atoms with E-state index in [1.54, 1.807) is 25.1 Å². The van der Waals surface area contributed by atoms with Crippen molar-refractivity contribution in [2.24, 2.45) is 4.99 Å². The van der Waals surface area contributed by atoms with Gasteiger partial charge in [-0.1, -0.05) is 18.7 Å². The Morgan fingerprint density at radius 1 is 1.57 bits per heavy atom. The molecule has 0 aliphatic heterocycles. The van der Waals surface area contributed by atoms with Crippen LogP contribution in [0.2, 0.25) is 0 Å². The van der Waals surface area contributed by atoms with Crippen LogP contribution < -0.4 is 5.32 Å². The summed E-state index contributed by atoms with van der Waals surface area (Å²) in [6.45, 7) is 1.75. The van der Waals surface area contributed by atoms with Gasteiger partial charge in [-0.25, -0.2) is 4.79 Å². The van der Waals surface area contributed by atoms with Crippen LogP contribution in [0.25, 0.3) is 0 Å². The van der Waals surface area contributed by atoms with Crippen LogP contribution in [0.5, 0.6) is 0 Å². The molecule has 0 saturated carbocycles. The number of amides is 1. The Labute approximate surface area is 86.4 Å². The van der Waals surface area contributed by atoms with E-state index in [-0.39, 0.29) is 0 Å². The second-order valence-corrected chi connectivity index (χ2v) is 2.99. The third-order valence-electron chi connectivity index (χ3n) is 1.71. The lowest BCUT2D eigenvalue weighted by molar-refractivity contribution is 0.270. The summed E-state index contributed by atoms with van der Waals surface area (Å²) >= 11 is 3.59. The molecule has 0 bridgehead atoms. The Morgan fingerprint density at radius 3 is 2.86 bits per heavy atom. The number of carbonyl (C=O) groups is 1. The van der Waals surface area contributed by atoms with Crippen molar-refractivity contribution in [3.8, 4) is 0 Å². The second kappa shape index (κ2) is 4.60. The van der Waals surface area contributed by atoms with Gasteiger partial charge in [0.2, 0.25) is 6.08 Å². The number of hydrogen-bond donors (Lipinski definition) is 2. The number of carbonyl (C=O) groups excluding carboxylic acids is 2. The maximum absolute atomic E-state index is 10.7. The maximum Gasteiger partial charge on any atom is 0.280 e. The van der Waals surface area contributed by atoms with E-state index >= 15 is 0 Å². The minimum Gasteiger partial charge on any atom is -0.317 e. The van der Waals surface area contributed by atoms with Gasteiger partial charge in [-0.05, 0) is 24.6 Å². The van der Waals surface area contributed by atoms with E-state index < -0.39 is 5.24 Å². The van der Waals surface area contributed by atoms with Crippen molar-refractivity contribution in [3.63, 3.8) is 0 Å². The first kappa shape index (κ1) is 10.5. The lowest BCUT2D eigenvalue weighted by atomic mass is 10.1. The van der Waals surface area contributed by atoms with Crippen LogP contribution in [0.1, 0.15) is 5.56 Å². The number of aliphatic imine (C=N–C) groups is 1. The van der Waals surface area contributed by atoms with Crippen LogP contribution in [-0.4, -0.2) is 11.3 Å². The molecule has 0 aromatic heterocycles. The van der Waals surface area contributed by atoms with Crippen molar-refractivity contribution in [3.05, 3.63) is 23.8 Å². The first-order valence-electron chi connectivity index (χ1n) is 3.82. The van der Waals surface area contributed by atoms with Gasteiger partial charge in [-0.2, -0.15) is 4.99 Å². The van der Waals surface area contributed by atoms with Gasteiger partial charge in [-0.15, -0.1) is 0 Å². The van der Waals surface area contributed by atoms with E-state index in [0.29, 0.717) is 16.9 Å². The zero-order valence-corrected chi connectivity index (χ0v) is 8.34. The highest BCUT2D eigenvalue weighted by molar-refractivity contribution is 7.96. The summed E-state index contributed by atoms with van der Waals surface area (Å²) in [5, 5.41) is 2.05. The summed E-state index contributed by atoms with van der Waals surface area (Å²) in [7, 11) is 0. The van der Waals surface area contributed by atoms with Crippen molar-refractivity contribution >= 4 is 35.3 Å². The van der Waals surface area contributed by atoms with E-state index in [1.165, 1.54) is 6.08 Å². The van der Waals surface area contributed by atoms with Gasteiger partial charge in [0.25, 0.3) is 5.24 Å². The highest BCUT2D eigenvalue weighted by Gasteiger charge is 2.03. The van der Waals surface area contributed by atoms with Crippen LogP contribution in [0, 0.1) is 6.92 Å². The largest absolute Gasteiger partial charge is 0.317 e. The van der Waals surface area contributed by atoms with Crippen molar-refractivity contribution < 1.29 is 9.59 Å². The number of nitrogens with one attached hydrogen (secondary N) is 1. The predicted molar refractivity (Wildman–Crippen MR) is 57.0 cm³/mol. The molecule has 0 atom stereocenters. The summed E-state index contributed by atoms with van der Waals surface area (Å²) in [5.41, 5.74) is 1.78. The van der Waals surface area contributed by atoms with Crippen LogP contribution >= 0.6 is 12.6 Å². The van der Waals surface area contributed by atoms with Gasteiger partial charge in [0.15, 0.2) is 0 Å². The molecule has 14 heavy (non-hydrogen) atoms. The number of rotatable bonds is 2. The Kier molecular flexibility index (Phi) is 3.45. The summed E-state index contributed by atoms with van der Waals surface area (Å²) in [4.78, 5) is 24.2. The van der Waals surface area contributed by atoms with Crippen molar-refractivity contribution in [2.45, 2.75) is 6.92 Å². The first-order valence-corrected chi connectivity index (χ1v) is 4.27. The number of isocyanates is 1. The van der Waals surface area contributed by atoms with E-state index in [0.717, 1.165) is 0 Å². The molecule has 1 rings (SSSR count). The highest BCUT2D eigenvalue weighted by Crippen LogP contribution is 2.25. The molecule has 0 saturated heterocycles. The molecule has 0 heterocycles. The Bertz CT molecular complexity index is 411. The van der Waals surface area contributed by atoms with Crippen molar-refractivity contribution in [1.82, 2.24) is 0 Å². The first-order chi connectivity index (χ1) is 6.65. The zero-order valence-electron chi connectivity index (χ0n) is 7.44. The van der Waals surface area contributed by atoms with Crippen LogP contribution in [-0.2, 0) is 4.79 Å². The monoisotopic (exact) mass is 208 g/mol. The van der Waals surface area contributed by atoms with Crippen LogP contribution in [0.15, 0.2) is 23.2 Å². The zero-order chi connectivity index (χ0) is 10.6. The summed E-state index contributed by atoms with van der Waals surface area (Å²) in [5.74, 6) is 0. The average Bonchev–Trinajstić information content (AvgIpc) is 2.11. The number of hydrogen-bond acceptors (Lipinski definition) is 3. The average molecular weight is 208 g/mol. The van der Waals surface area contributed by atoms with Crippen LogP contribution in [0.3, 0.4) is 0 Å². The van der Waals surface area contributed by atoms with E-state index in [9.17, 15) is 9.59 Å². The molecule has 1 N–H and O–H groups in total.